The first-order valence-electron chi connectivity index (χ1n) is 7.09. The Hall–Kier alpha value is -2.44. The van der Waals surface area contributed by atoms with Crippen molar-refractivity contribution in [3.05, 3.63) is 18.2 Å². The minimum atomic E-state index is -0.384. The molecule has 0 saturated heterocycles. The van der Waals surface area contributed by atoms with Gasteiger partial charge < -0.3 is 25.4 Å². The number of hydrogen-bond acceptors (Lipinski definition) is 4. The lowest BCUT2D eigenvalue weighted by molar-refractivity contribution is -0.115. The third-order valence-corrected chi connectivity index (χ3v) is 2.72. The first-order valence-corrected chi connectivity index (χ1v) is 7.09. The normalized spacial score (nSPS) is 13.2. The van der Waals surface area contributed by atoms with E-state index in [1.807, 2.05) is 20.8 Å². The monoisotopic (exact) mass is 307 g/mol. The molecule has 0 aromatic heterocycles. The quantitative estimate of drug-likeness (QED) is 0.789. The van der Waals surface area contributed by atoms with Crippen LogP contribution in [0.5, 0.6) is 11.5 Å². The molecule has 0 radical (unpaired) electrons. The molecule has 1 aliphatic heterocycles. The molecule has 0 spiro atoms. The molecule has 1 aliphatic rings. The minimum absolute atomic E-state index is 0.115. The van der Waals surface area contributed by atoms with Gasteiger partial charge in [-0.25, -0.2) is 4.79 Å². The standard InChI is InChI=1S/C15H21N3O4/c1-15(2,3)18-14(20)16-9-13(19)17-10-4-5-11-12(8-10)22-7-6-21-11/h4-5,8H,6-7,9H2,1-3H3,(H,17,19)(H2,16,18,20). The lowest BCUT2D eigenvalue weighted by atomic mass is 10.1. The van der Waals surface area contributed by atoms with E-state index in [-0.39, 0.29) is 24.0 Å². The van der Waals surface area contributed by atoms with Crippen molar-refractivity contribution in [2.75, 3.05) is 25.1 Å². The van der Waals surface area contributed by atoms with Gasteiger partial charge in [0.15, 0.2) is 11.5 Å². The number of rotatable bonds is 3. The van der Waals surface area contributed by atoms with E-state index in [1.54, 1.807) is 18.2 Å². The topological polar surface area (TPSA) is 88.7 Å². The SMILES string of the molecule is CC(C)(C)NC(=O)NCC(=O)Nc1ccc2c(c1)OCCO2. The van der Waals surface area contributed by atoms with Crippen LogP contribution in [0.3, 0.4) is 0 Å². The molecule has 22 heavy (non-hydrogen) atoms. The van der Waals surface area contributed by atoms with Crippen molar-refractivity contribution in [1.29, 1.82) is 0 Å². The summed E-state index contributed by atoms with van der Waals surface area (Å²) < 4.78 is 10.8. The van der Waals surface area contributed by atoms with Gasteiger partial charge in [-0.3, -0.25) is 4.79 Å². The van der Waals surface area contributed by atoms with E-state index in [4.69, 9.17) is 9.47 Å². The van der Waals surface area contributed by atoms with Gasteiger partial charge in [0.05, 0.1) is 6.54 Å². The van der Waals surface area contributed by atoms with Crippen LogP contribution >= 0.6 is 0 Å². The number of hydrogen-bond donors (Lipinski definition) is 3. The van der Waals surface area contributed by atoms with Crippen LogP contribution in [0.15, 0.2) is 18.2 Å². The number of anilines is 1. The molecule has 1 aromatic rings. The Labute approximate surface area is 129 Å². The van der Waals surface area contributed by atoms with Gasteiger partial charge >= 0.3 is 6.03 Å². The molecule has 120 valence electrons. The Balaban J connectivity index is 1.83. The number of carbonyl (C=O) groups excluding carboxylic acids is 2. The van der Waals surface area contributed by atoms with E-state index in [9.17, 15) is 9.59 Å². The van der Waals surface area contributed by atoms with Crippen LogP contribution in [0, 0.1) is 0 Å². The van der Waals surface area contributed by atoms with Crippen molar-refractivity contribution in [2.45, 2.75) is 26.3 Å². The summed E-state index contributed by atoms with van der Waals surface area (Å²) in [5, 5.41) is 7.91. The second kappa shape index (κ2) is 6.55. The fourth-order valence-electron chi connectivity index (χ4n) is 1.87. The van der Waals surface area contributed by atoms with Crippen LogP contribution in [0.2, 0.25) is 0 Å². The maximum absolute atomic E-state index is 11.8. The van der Waals surface area contributed by atoms with Crippen LogP contribution in [0.4, 0.5) is 10.5 Å². The number of nitrogens with one attached hydrogen (secondary N) is 3. The Kier molecular flexibility index (Phi) is 4.75. The van der Waals surface area contributed by atoms with Crippen molar-refractivity contribution in [2.24, 2.45) is 0 Å². The molecule has 7 nitrogen and oxygen atoms in total. The Morgan fingerprint density at radius 3 is 2.50 bits per heavy atom. The average molecular weight is 307 g/mol. The van der Waals surface area contributed by atoms with E-state index in [0.717, 1.165) is 0 Å². The summed E-state index contributed by atoms with van der Waals surface area (Å²) in [6.07, 6.45) is 0. The predicted molar refractivity (Wildman–Crippen MR) is 82.3 cm³/mol. The smallest absolute Gasteiger partial charge is 0.315 e. The highest BCUT2D eigenvalue weighted by Crippen LogP contribution is 2.32. The summed E-state index contributed by atoms with van der Waals surface area (Å²) in [6, 6.07) is 4.77. The maximum Gasteiger partial charge on any atom is 0.315 e. The fraction of sp³-hybridized carbons (Fsp3) is 0.467. The lowest BCUT2D eigenvalue weighted by Gasteiger charge is -2.21. The van der Waals surface area contributed by atoms with Crippen LogP contribution in [0.25, 0.3) is 0 Å². The maximum atomic E-state index is 11.8. The van der Waals surface area contributed by atoms with Gasteiger partial charge in [-0.15, -0.1) is 0 Å². The zero-order chi connectivity index (χ0) is 16.2. The third-order valence-electron chi connectivity index (χ3n) is 2.72. The first-order chi connectivity index (χ1) is 10.3. The number of benzene rings is 1. The second-order valence-electron chi connectivity index (χ2n) is 5.96. The van der Waals surface area contributed by atoms with Crippen LogP contribution in [-0.2, 0) is 4.79 Å². The number of ether oxygens (including phenoxy) is 2. The van der Waals surface area contributed by atoms with E-state index in [0.29, 0.717) is 30.4 Å². The van der Waals surface area contributed by atoms with Crippen molar-refractivity contribution in [1.82, 2.24) is 10.6 Å². The van der Waals surface area contributed by atoms with E-state index >= 15 is 0 Å². The summed E-state index contributed by atoms with van der Waals surface area (Å²) in [7, 11) is 0. The van der Waals surface area contributed by atoms with Crippen LogP contribution in [-0.4, -0.2) is 37.2 Å². The summed E-state index contributed by atoms with van der Waals surface area (Å²) in [5.74, 6) is 0.940. The zero-order valence-corrected chi connectivity index (χ0v) is 13.0. The largest absolute Gasteiger partial charge is 0.486 e. The molecule has 0 atom stereocenters. The average Bonchev–Trinajstić information content (AvgIpc) is 2.43. The molecule has 0 bridgehead atoms. The second-order valence-corrected chi connectivity index (χ2v) is 5.96. The van der Waals surface area contributed by atoms with Gasteiger partial charge in [-0.1, -0.05) is 0 Å². The summed E-state index contributed by atoms with van der Waals surface area (Å²) in [6.45, 7) is 6.48. The highest BCUT2D eigenvalue weighted by molar-refractivity contribution is 5.94. The van der Waals surface area contributed by atoms with Gasteiger partial charge in [0, 0.05) is 17.3 Å². The summed E-state index contributed by atoms with van der Waals surface area (Å²) >= 11 is 0. The van der Waals surface area contributed by atoms with Gasteiger partial charge in [0.25, 0.3) is 0 Å². The van der Waals surface area contributed by atoms with Crippen molar-refractivity contribution < 1.29 is 19.1 Å². The molecule has 0 fully saturated rings. The molecule has 3 amide bonds. The molecule has 2 rings (SSSR count). The van der Waals surface area contributed by atoms with E-state index in [2.05, 4.69) is 16.0 Å². The van der Waals surface area contributed by atoms with Gasteiger partial charge in [0.1, 0.15) is 13.2 Å². The fourth-order valence-corrected chi connectivity index (χ4v) is 1.87. The van der Waals surface area contributed by atoms with Crippen molar-refractivity contribution in [3.63, 3.8) is 0 Å². The summed E-state index contributed by atoms with van der Waals surface area (Å²) in [4.78, 5) is 23.4. The number of carbonyl (C=O) groups is 2. The molecule has 1 aromatic carbocycles. The third kappa shape index (κ3) is 4.83. The molecule has 0 unspecified atom stereocenters. The minimum Gasteiger partial charge on any atom is -0.486 e. The molecule has 0 saturated carbocycles. The highest BCUT2D eigenvalue weighted by Gasteiger charge is 2.15. The molecular weight excluding hydrogens is 286 g/mol. The van der Waals surface area contributed by atoms with Crippen LogP contribution in [0.1, 0.15) is 20.8 Å². The predicted octanol–water partition coefficient (Wildman–Crippen LogP) is 1.49. The molecular formula is C15H21N3O4. The zero-order valence-electron chi connectivity index (χ0n) is 13.0. The lowest BCUT2D eigenvalue weighted by Crippen LogP contribution is -2.48. The van der Waals surface area contributed by atoms with Crippen LogP contribution < -0.4 is 25.4 Å². The molecule has 0 aliphatic carbocycles. The Morgan fingerprint density at radius 2 is 1.82 bits per heavy atom. The first kappa shape index (κ1) is 15.9. The Bertz CT molecular complexity index is 566. The molecule has 1 heterocycles. The number of fused-ring (bicyclic) bond motifs is 1. The van der Waals surface area contributed by atoms with E-state index < -0.39 is 0 Å². The van der Waals surface area contributed by atoms with Gasteiger partial charge in [0.2, 0.25) is 5.91 Å². The van der Waals surface area contributed by atoms with Gasteiger partial charge in [-0.05, 0) is 32.9 Å². The van der Waals surface area contributed by atoms with Crippen molar-refractivity contribution >= 4 is 17.6 Å². The number of urea groups is 1. The van der Waals surface area contributed by atoms with E-state index in [1.165, 1.54) is 0 Å². The molecule has 3 N–H and O–H groups in total. The molecule has 7 heteroatoms. The highest BCUT2D eigenvalue weighted by atomic mass is 16.6. The van der Waals surface area contributed by atoms with Crippen molar-refractivity contribution in [3.8, 4) is 11.5 Å². The van der Waals surface area contributed by atoms with Gasteiger partial charge in [-0.2, -0.15) is 0 Å². The number of amides is 3. The Morgan fingerprint density at radius 1 is 1.14 bits per heavy atom. The summed E-state index contributed by atoms with van der Waals surface area (Å²) in [5.41, 5.74) is 0.239.